The molecule has 0 spiro atoms. The van der Waals surface area contributed by atoms with Crippen molar-refractivity contribution in [1.82, 2.24) is 14.9 Å². The van der Waals surface area contributed by atoms with E-state index < -0.39 is 0 Å². The quantitative estimate of drug-likeness (QED) is 0.826. The number of halogens is 1. The molecule has 19 heavy (non-hydrogen) atoms. The molecule has 2 rings (SSSR count). The van der Waals surface area contributed by atoms with Gasteiger partial charge in [-0.25, -0.2) is 4.98 Å². The van der Waals surface area contributed by atoms with E-state index in [0.29, 0.717) is 6.61 Å². The summed E-state index contributed by atoms with van der Waals surface area (Å²) in [5.41, 5.74) is 2.13. The molecule has 0 aliphatic heterocycles. The van der Waals surface area contributed by atoms with Crippen LogP contribution in [-0.2, 0) is 11.3 Å². The Hall–Kier alpha value is -1.36. The summed E-state index contributed by atoms with van der Waals surface area (Å²) in [6, 6.07) is 5.93. The zero-order valence-electron chi connectivity index (χ0n) is 11.2. The van der Waals surface area contributed by atoms with Crippen LogP contribution in [0, 0.1) is 6.92 Å². The average molecular weight is 280 g/mol. The number of imidazole rings is 1. The molecule has 1 aromatic heterocycles. The Kier molecular flexibility index (Phi) is 4.96. The Balaban J connectivity index is 2.24. The average Bonchev–Trinajstić information content (AvgIpc) is 2.81. The normalized spacial score (nSPS) is 10.9. The SMILES string of the molecule is COCCNCc1cccc(Cl)c1-n1ccnc1C. The van der Waals surface area contributed by atoms with Crippen molar-refractivity contribution in [3.05, 3.63) is 47.0 Å². The predicted octanol–water partition coefficient (Wildman–Crippen LogP) is 2.57. The topological polar surface area (TPSA) is 39.1 Å². The first-order valence-corrected chi connectivity index (χ1v) is 6.59. The minimum absolute atomic E-state index is 0.694. The van der Waals surface area contributed by atoms with E-state index in [4.69, 9.17) is 16.3 Å². The number of aryl methyl sites for hydroxylation is 1. The monoisotopic (exact) mass is 279 g/mol. The second-order valence-electron chi connectivity index (χ2n) is 4.26. The molecule has 1 N–H and O–H groups in total. The first-order valence-electron chi connectivity index (χ1n) is 6.21. The Morgan fingerprint density at radius 3 is 2.95 bits per heavy atom. The van der Waals surface area contributed by atoms with Gasteiger partial charge in [0.2, 0.25) is 0 Å². The number of para-hydroxylation sites is 1. The maximum atomic E-state index is 6.33. The molecule has 1 heterocycles. The zero-order valence-corrected chi connectivity index (χ0v) is 11.9. The van der Waals surface area contributed by atoms with E-state index >= 15 is 0 Å². The van der Waals surface area contributed by atoms with E-state index in [1.165, 1.54) is 0 Å². The summed E-state index contributed by atoms with van der Waals surface area (Å²) in [5.74, 6) is 0.922. The predicted molar refractivity (Wildman–Crippen MR) is 76.9 cm³/mol. The van der Waals surface area contributed by atoms with Crippen molar-refractivity contribution < 1.29 is 4.74 Å². The number of nitrogens with one attached hydrogen (secondary N) is 1. The van der Waals surface area contributed by atoms with E-state index in [2.05, 4.69) is 16.4 Å². The number of ether oxygens (including phenoxy) is 1. The van der Waals surface area contributed by atoms with E-state index in [9.17, 15) is 0 Å². The number of nitrogens with zero attached hydrogens (tertiary/aromatic N) is 2. The molecule has 0 saturated heterocycles. The molecule has 0 aliphatic rings. The zero-order chi connectivity index (χ0) is 13.7. The van der Waals surface area contributed by atoms with Crippen LogP contribution in [0.4, 0.5) is 0 Å². The van der Waals surface area contributed by atoms with Crippen molar-refractivity contribution in [2.24, 2.45) is 0 Å². The molecule has 0 unspecified atom stereocenters. The van der Waals surface area contributed by atoms with Gasteiger partial charge in [0.1, 0.15) is 5.82 Å². The van der Waals surface area contributed by atoms with Gasteiger partial charge in [0.25, 0.3) is 0 Å². The molecule has 5 heteroatoms. The third-order valence-electron chi connectivity index (χ3n) is 2.94. The van der Waals surface area contributed by atoms with E-state index in [0.717, 1.165) is 35.2 Å². The number of aromatic nitrogens is 2. The largest absolute Gasteiger partial charge is 0.383 e. The van der Waals surface area contributed by atoms with Gasteiger partial charge in [-0.3, -0.25) is 0 Å². The molecule has 0 saturated carbocycles. The lowest BCUT2D eigenvalue weighted by atomic mass is 10.1. The van der Waals surface area contributed by atoms with Gasteiger partial charge in [-0.05, 0) is 18.6 Å². The van der Waals surface area contributed by atoms with Crippen LogP contribution >= 0.6 is 11.6 Å². The van der Waals surface area contributed by atoms with Gasteiger partial charge < -0.3 is 14.6 Å². The molecule has 1 aromatic carbocycles. The number of hydrogen-bond acceptors (Lipinski definition) is 3. The number of benzene rings is 1. The highest BCUT2D eigenvalue weighted by Crippen LogP contribution is 2.25. The third-order valence-corrected chi connectivity index (χ3v) is 3.24. The Morgan fingerprint density at radius 2 is 2.26 bits per heavy atom. The van der Waals surface area contributed by atoms with E-state index in [1.807, 2.05) is 29.8 Å². The van der Waals surface area contributed by atoms with Gasteiger partial charge in [-0.1, -0.05) is 23.7 Å². The van der Waals surface area contributed by atoms with E-state index in [-0.39, 0.29) is 0 Å². The third kappa shape index (κ3) is 3.35. The van der Waals surface area contributed by atoms with Crippen LogP contribution in [0.2, 0.25) is 5.02 Å². The molecule has 102 valence electrons. The van der Waals surface area contributed by atoms with Crippen molar-refractivity contribution >= 4 is 11.6 Å². The maximum absolute atomic E-state index is 6.33. The highest BCUT2D eigenvalue weighted by Gasteiger charge is 2.10. The highest BCUT2D eigenvalue weighted by atomic mass is 35.5. The van der Waals surface area contributed by atoms with E-state index in [1.54, 1.807) is 13.3 Å². The van der Waals surface area contributed by atoms with Crippen LogP contribution in [0.5, 0.6) is 0 Å². The van der Waals surface area contributed by atoms with Crippen molar-refractivity contribution in [2.45, 2.75) is 13.5 Å². The summed E-state index contributed by atoms with van der Waals surface area (Å²) in [4.78, 5) is 4.25. The van der Waals surface area contributed by atoms with Gasteiger partial charge in [0.15, 0.2) is 0 Å². The molecule has 4 nitrogen and oxygen atoms in total. The minimum Gasteiger partial charge on any atom is -0.383 e. The van der Waals surface area contributed by atoms with Crippen LogP contribution in [0.1, 0.15) is 11.4 Å². The van der Waals surface area contributed by atoms with Gasteiger partial charge in [0.05, 0.1) is 17.3 Å². The molecule has 0 bridgehead atoms. The molecule has 0 atom stereocenters. The molecule has 0 amide bonds. The second kappa shape index (κ2) is 6.70. The van der Waals surface area contributed by atoms with Crippen LogP contribution in [-0.4, -0.2) is 29.8 Å². The highest BCUT2D eigenvalue weighted by molar-refractivity contribution is 6.32. The van der Waals surface area contributed by atoms with Crippen molar-refractivity contribution in [3.63, 3.8) is 0 Å². The second-order valence-corrected chi connectivity index (χ2v) is 4.67. The number of rotatable bonds is 6. The summed E-state index contributed by atoms with van der Waals surface area (Å²) in [5, 5.41) is 4.06. The lowest BCUT2D eigenvalue weighted by molar-refractivity contribution is 0.199. The Morgan fingerprint density at radius 1 is 1.42 bits per heavy atom. The van der Waals surface area contributed by atoms with Gasteiger partial charge in [0, 0.05) is 32.6 Å². The van der Waals surface area contributed by atoms with Crippen LogP contribution in [0.3, 0.4) is 0 Å². The van der Waals surface area contributed by atoms with Crippen molar-refractivity contribution in [1.29, 1.82) is 0 Å². The fraction of sp³-hybridized carbons (Fsp3) is 0.357. The first kappa shape index (κ1) is 14.1. The summed E-state index contributed by atoms with van der Waals surface area (Å²) in [6.07, 6.45) is 3.70. The number of hydrogen-bond donors (Lipinski definition) is 1. The molecular weight excluding hydrogens is 262 g/mol. The fourth-order valence-electron chi connectivity index (χ4n) is 1.98. The minimum atomic E-state index is 0.694. The first-order chi connectivity index (χ1) is 9.24. The summed E-state index contributed by atoms with van der Waals surface area (Å²) < 4.78 is 7.03. The molecule has 0 aliphatic carbocycles. The van der Waals surface area contributed by atoms with Crippen LogP contribution in [0.25, 0.3) is 5.69 Å². The summed E-state index contributed by atoms with van der Waals surface area (Å²) >= 11 is 6.33. The van der Waals surface area contributed by atoms with Crippen molar-refractivity contribution in [3.8, 4) is 5.69 Å². The summed E-state index contributed by atoms with van der Waals surface area (Å²) in [6.45, 7) is 4.22. The van der Waals surface area contributed by atoms with Crippen LogP contribution in [0.15, 0.2) is 30.6 Å². The smallest absolute Gasteiger partial charge is 0.110 e. The fourth-order valence-corrected chi connectivity index (χ4v) is 2.27. The lowest BCUT2D eigenvalue weighted by Gasteiger charge is -2.14. The lowest BCUT2D eigenvalue weighted by Crippen LogP contribution is -2.19. The summed E-state index contributed by atoms with van der Waals surface area (Å²) in [7, 11) is 1.70. The molecule has 0 fully saturated rings. The molecular formula is C14H18ClN3O. The molecule has 2 aromatic rings. The maximum Gasteiger partial charge on any atom is 0.110 e. The Bertz CT molecular complexity index is 539. The standard InChI is InChI=1S/C14H18ClN3O/c1-11-17-6-8-18(11)14-12(4-3-5-13(14)15)10-16-7-9-19-2/h3-6,8,16H,7,9-10H2,1-2H3. The Labute approximate surface area is 118 Å². The van der Waals surface area contributed by atoms with Crippen LogP contribution < -0.4 is 5.32 Å². The van der Waals surface area contributed by atoms with Gasteiger partial charge >= 0.3 is 0 Å². The van der Waals surface area contributed by atoms with Gasteiger partial charge in [-0.2, -0.15) is 0 Å². The van der Waals surface area contributed by atoms with Crippen molar-refractivity contribution in [2.75, 3.05) is 20.3 Å². The van der Waals surface area contributed by atoms with Gasteiger partial charge in [-0.15, -0.1) is 0 Å². The molecule has 0 radical (unpaired) electrons. The number of methoxy groups -OCH3 is 1.